The highest BCUT2D eigenvalue weighted by atomic mass is 16.2. The van der Waals surface area contributed by atoms with Crippen LogP contribution < -0.4 is 5.73 Å². The number of aliphatic hydroxyl groups excluding tert-OH is 1. The molecule has 3 N–H and O–H groups in total. The van der Waals surface area contributed by atoms with Crippen molar-refractivity contribution in [3.8, 4) is 11.1 Å². The number of aliphatic hydroxyl groups is 1. The Bertz CT molecular complexity index is 488. The summed E-state index contributed by atoms with van der Waals surface area (Å²) < 4.78 is 1.66. The van der Waals surface area contributed by atoms with Crippen LogP contribution in [-0.2, 0) is 13.5 Å². The minimum atomic E-state index is 0.233. The molecular weight excluding hydrogens is 214 g/mol. The Labute approximate surface area is 101 Å². The number of rotatable bonds is 4. The molecule has 2 aromatic rings. The van der Waals surface area contributed by atoms with Crippen LogP contribution in [0.4, 0.5) is 5.82 Å². The van der Waals surface area contributed by atoms with Gasteiger partial charge in [-0.1, -0.05) is 24.3 Å². The van der Waals surface area contributed by atoms with Crippen molar-refractivity contribution in [3.05, 3.63) is 36.0 Å². The molecule has 0 saturated heterocycles. The first-order valence-corrected chi connectivity index (χ1v) is 5.70. The highest BCUT2D eigenvalue weighted by Gasteiger charge is 2.06. The summed E-state index contributed by atoms with van der Waals surface area (Å²) in [4.78, 5) is 0. The molecule has 1 aromatic heterocycles. The van der Waals surface area contributed by atoms with E-state index in [1.165, 1.54) is 5.56 Å². The van der Waals surface area contributed by atoms with Gasteiger partial charge in [0.25, 0.3) is 0 Å². The minimum absolute atomic E-state index is 0.233. The molecule has 0 spiro atoms. The van der Waals surface area contributed by atoms with Gasteiger partial charge in [0.1, 0.15) is 5.82 Å². The quantitative estimate of drug-likeness (QED) is 0.840. The second-order valence-corrected chi connectivity index (χ2v) is 4.09. The largest absolute Gasteiger partial charge is 0.396 e. The first-order chi connectivity index (χ1) is 8.22. The number of aryl methyl sites for hydroxylation is 2. The first-order valence-electron chi connectivity index (χ1n) is 5.70. The smallest absolute Gasteiger partial charge is 0.129 e. The van der Waals surface area contributed by atoms with E-state index < -0.39 is 0 Å². The Morgan fingerprint density at radius 3 is 2.53 bits per heavy atom. The van der Waals surface area contributed by atoms with Gasteiger partial charge in [-0.25, -0.2) is 0 Å². The second-order valence-electron chi connectivity index (χ2n) is 4.09. The summed E-state index contributed by atoms with van der Waals surface area (Å²) in [5.41, 5.74) is 9.18. The lowest BCUT2D eigenvalue weighted by molar-refractivity contribution is 0.288. The average Bonchev–Trinajstić information content (AvgIpc) is 2.68. The molecule has 0 saturated carbocycles. The third-order valence-corrected chi connectivity index (χ3v) is 2.87. The molecule has 0 fully saturated rings. The van der Waals surface area contributed by atoms with Crippen molar-refractivity contribution in [1.82, 2.24) is 9.78 Å². The Hall–Kier alpha value is -1.81. The highest BCUT2D eigenvalue weighted by Crippen LogP contribution is 2.25. The third kappa shape index (κ3) is 2.47. The Morgan fingerprint density at radius 1 is 1.29 bits per heavy atom. The number of nitrogens with two attached hydrogens (primary N) is 1. The number of hydrogen-bond donors (Lipinski definition) is 2. The van der Waals surface area contributed by atoms with Crippen molar-refractivity contribution in [2.45, 2.75) is 12.8 Å². The van der Waals surface area contributed by atoms with E-state index in [4.69, 9.17) is 10.8 Å². The van der Waals surface area contributed by atoms with E-state index in [9.17, 15) is 0 Å². The van der Waals surface area contributed by atoms with Crippen LogP contribution in [-0.4, -0.2) is 21.5 Å². The standard InChI is InChI=1S/C13H17N3O/c1-16-13(14)12(9-15-16)11-6-4-10(5-7-11)3-2-8-17/h4-7,9,17H,2-3,8,14H2,1H3. The average molecular weight is 231 g/mol. The molecule has 1 heterocycles. The summed E-state index contributed by atoms with van der Waals surface area (Å²) in [6.07, 6.45) is 3.48. The van der Waals surface area contributed by atoms with Gasteiger partial charge < -0.3 is 10.8 Å². The van der Waals surface area contributed by atoms with Crippen LogP contribution in [0.2, 0.25) is 0 Å². The summed E-state index contributed by atoms with van der Waals surface area (Å²) in [6.45, 7) is 0.233. The normalized spacial score (nSPS) is 10.7. The highest BCUT2D eigenvalue weighted by molar-refractivity contribution is 5.73. The molecule has 17 heavy (non-hydrogen) atoms. The van der Waals surface area contributed by atoms with Crippen LogP contribution in [0.15, 0.2) is 30.5 Å². The van der Waals surface area contributed by atoms with Crippen LogP contribution >= 0.6 is 0 Å². The molecular formula is C13H17N3O. The monoisotopic (exact) mass is 231 g/mol. The maximum absolute atomic E-state index is 8.77. The Morgan fingerprint density at radius 2 is 2.00 bits per heavy atom. The molecule has 0 aliphatic heterocycles. The summed E-state index contributed by atoms with van der Waals surface area (Å²) >= 11 is 0. The molecule has 90 valence electrons. The molecule has 0 unspecified atom stereocenters. The Balaban J connectivity index is 2.20. The zero-order chi connectivity index (χ0) is 12.3. The van der Waals surface area contributed by atoms with E-state index >= 15 is 0 Å². The summed E-state index contributed by atoms with van der Waals surface area (Å²) in [5, 5.41) is 12.9. The third-order valence-electron chi connectivity index (χ3n) is 2.87. The van der Waals surface area contributed by atoms with Gasteiger partial charge >= 0.3 is 0 Å². The van der Waals surface area contributed by atoms with E-state index in [0.717, 1.165) is 24.0 Å². The van der Waals surface area contributed by atoms with Crippen LogP contribution in [0.5, 0.6) is 0 Å². The number of aromatic nitrogens is 2. The molecule has 0 aliphatic carbocycles. The zero-order valence-corrected chi connectivity index (χ0v) is 9.93. The maximum Gasteiger partial charge on any atom is 0.129 e. The SMILES string of the molecule is Cn1ncc(-c2ccc(CCCO)cc2)c1N. The second kappa shape index (κ2) is 5.01. The molecule has 4 nitrogen and oxygen atoms in total. The Kier molecular flexibility index (Phi) is 3.44. The van der Waals surface area contributed by atoms with Crippen LogP contribution in [0.1, 0.15) is 12.0 Å². The van der Waals surface area contributed by atoms with Crippen molar-refractivity contribution in [3.63, 3.8) is 0 Å². The summed E-state index contributed by atoms with van der Waals surface area (Å²) in [5.74, 6) is 0.674. The van der Waals surface area contributed by atoms with Gasteiger partial charge in [0.05, 0.1) is 6.20 Å². The van der Waals surface area contributed by atoms with E-state index in [1.807, 2.05) is 19.2 Å². The number of nitrogens with zero attached hydrogens (tertiary/aromatic N) is 2. The van der Waals surface area contributed by atoms with E-state index in [2.05, 4.69) is 17.2 Å². The molecule has 0 radical (unpaired) electrons. The van der Waals surface area contributed by atoms with Crippen LogP contribution in [0.3, 0.4) is 0 Å². The molecule has 0 atom stereocenters. The van der Waals surface area contributed by atoms with Gasteiger partial charge in [-0.15, -0.1) is 0 Å². The van der Waals surface area contributed by atoms with Crippen LogP contribution in [0, 0.1) is 0 Å². The predicted octanol–water partition coefficient (Wildman–Crippen LogP) is 1.59. The summed E-state index contributed by atoms with van der Waals surface area (Å²) in [7, 11) is 1.83. The zero-order valence-electron chi connectivity index (χ0n) is 9.93. The fraction of sp³-hybridized carbons (Fsp3) is 0.308. The fourth-order valence-corrected chi connectivity index (χ4v) is 1.80. The molecule has 4 heteroatoms. The van der Waals surface area contributed by atoms with Gasteiger partial charge in [0, 0.05) is 19.2 Å². The lowest BCUT2D eigenvalue weighted by Gasteiger charge is -2.03. The van der Waals surface area contributed by atoms with E-state index in [0.29, 0.717) is 5.82 Å². The minimum Gasteiger partial charge on any atom is -0.396 e. The maximum atomic E-state index is 8.77. The molecule has 2 rings (SSSR count). The summed E-state index contributed by atoms with van der Waals surface area (Å²) in [6, 6.07) is 8.22. The first kappa shape index (κ1) is 11.7. The van der Waals surface area contributed by atoms with Crippen molar-refractivity contribution in [2.75, 3.05) is 12.3 Å². The van der Waals surface area contributed by atoms with Gasteiger partial charge in [-0.05, 0) is 24.0 Å². The van der Waals surface area contributed by atoms with Gasteiger partial charge in [-0.2, -0.15) is 5.10 Å². The van der Waals surface area contributed by atoms with E-state index in [1.54, 1.807) is 10.9 Å². The van der Waals surface area contributed by atoms with Crippen molar-refractivity contribution >= 4 is 5.82 Å². The van der Waals surface area contributed by atoms with Crippen molar-refractivity contribution in [1.29, 1.82) is 0 Å². The predicted molar refractivity (Wildman–Crippen MR) is 68.5 cm³/mol. The van der Waals surface area contributed by atoms with Gasteiger partial charge in [-0.3, -0.25) is 4.68 Å². The van der Waals surface area contributed by atoms with E-state index in [-0.39, 0.29) is 6.61 Å². The number of hydrogen-bond acceptors (Lipinski definition) is 3. The van der Waals surface area contributed by atoms with Crippen LogP contribution in [0.25, 0.3) is 11.1 Å². The van der Waals surface area contributed by atoms with Crippen molar-refractivity contribution in [2.24, 2.45) is 7.05 Å². The molecule has 0 amide bonds. The van der Waals surface area contributed by atoms with Gasteiger partial charge in [0.15, 0.2) is 0 Å². The molecule has 0 bridgehead atoms. The fourth-order valence-electron chi connectivity index (χ4n) is 1.80. The van der Waals surface area contributed by atoms with Crippen molar-refractivity contribution < 1.29 is 5.11 Å². The number of benzene rings is 1. The number of anilines is 1. The lowest BCUT2D eigenvalue weighted by Crippen LogP contribution is -1.98. The molecule has 1 aromatic carbocycles. The van der Waals surface area contributed by atoms with Gasteiger partial charge in [0.2, 0.25) is 0 Å². The molecule has 0 aliphatic rings. The number of nitrogen functional groups attached to an aromatic ring is 1. The lowest BCUT2D eigenvalue weighted by atomic mass is 10.0. The topological polar surface area (TPSA) is 64.1 Å².